The van der Waals surface area contributed by atoms with Crippen molar-refractivity contribution in [1.29, 1.82) is 0 Å². The molecule has 7 nitrogen and oxygen atoms in total. The third-order valence-corrected chi connectivity index (χ3v) is 8.61. The number of esters is 1. The van der Waals surface area contributed by atoms with E-state index in [0.29, 0.717) is 28.2 Å². The third-order valence-electron chi connectivity index (χ3n) is 6.42. The maximum absolute atomic E-state index is 12.9. The molecule has 2 heterocycles. The molecule has 0 bridgehead atoms. The molecule has 192 valence electrons. The molecule has 1 aliphatic carbocycles. The number of hydrogen-bond acceptors (Lipinski definition) is 7. The van der Waals surface area contributed by atoms with Crippen LogP contribution in [-0.4, -0.2) is 39.0 Å². The van der Waals surface area contributed by atoms with Crippen molar-refractivity contribution >= 4 is 40.0 Å². The molecule has 0 radical (unpaired) electrons. The number of rotatable bonds is 7. The highest BCUT2D eigenvalue weighted by molar-refractivity contribution is 7.99. The largest absolute Gasteiger partial charge is 0.462 e. The number of thioether (sulfide) groups is 1. The van der Waals surface area contributed by atoms with Crippen molar-refractivity contribution in [1.82, 2.24) is 14.8 Å². The minimum atomic E-state index is -0.358. The molecule has 0 aliphatic heterocycles. The van der Waals surface area contributed by atoms with Crippen LogP contribution in [0.25, 0.3) is 11.4 Å². The molecule has 1 aliphatic rings. The standard InChI is InChI=1S/C27H34N4O3S2/c1-7-34-25(33)22-19-13-8-16(2)14-20(19)36-24(22)28-21(32)15-35-26-30-29-23(31(26)6)17-9-11-18(12-10-17)27(3,4)5/h9-12,16H,7-8,13-15H2,1-6H3,(H,28,32). The number of carbonyl (C=O) groups excluding carboxylic acids is 2. The molecule has 1 unspecified atom stereocenters. The summed E-state index contributed by atoms with van der Waals surface area (Å²) in [7, 11) is 1.90. The summed E-state index contributed by atoms with van der Waals surface area (Å²) in [6.45, 7) is 10.9. The molecule has 0 saturated carbocycles. The van der Waals surface area contributed by atoms with Crippen molar-refractivity contribution in [3.8, 4) is 11.4 Å². The molecule has 3 aromatic rings. The van der Waals surface area contributed by atoms with Gasteiger partial charge in [0.25, 0.3) is 0 Å². The lowest BCUT2D eigenvalue weighted by atomic mass is 9.87. The van der Waals surface area contributed by atoms with Crippen LogP contribution in [0.4, 0.5) is 5.00 Å². The molecule has 1 aromatic carbocycles. The van der Waals surface area contributed by atoms with E-state index in [-0.39, 0.29) is 23.0 Å². The molecular formula is C27H34N4O3S2. The topological polar surface area (TPSA) is 86.1 Å². The van der Waals surface area contributed by atoms with Crippen LogP contribution in [-0.2, 0) is 34.8 Å². The number of thiophene rings is 1. The SMILES string of the molecule is CCOC(=O)c1c(NC(=O)CSc2nnc(-c3ccc(C(C)(C)C)cc3)n2C)sc2c1CCC(C)C2. The van der Waals surface area contributed by atoms with E-state index in [1.165, 1.54) is 33.5 Å². The molecule has 1 N–H and O–H groups in total. The summed E-state index contributed by atoms with van der Waals surface area (Å²) in [5, 5.41) is 12.9. The zero-order chi connectivity index (χ0) is 26.0. The minimum absolute atomic E-state index is 0.0834. The second-order valence-corrected chi connectivity index (χ2v) is 12.4. The Bertz CT molecular complexity index is 1260. The number of benzene rings is 1. The highest BCUT2D eigenvalue weighted by Gasteiger charge is 2.29. The number of nitrogens with zero attached hydrogens (tertiary/aromatic N) is 3. The molecule has 0 saturated heterocycles. The molecule has 2 aromatic heterocycles. The summed E-state index contributed by atoms with van der Waals surface area (Å²) in [5.41, 5.74) is 3.88. The Morgan fingerprint density at radius 2 is 1.94 bits per heavy atom. The van der Waals surface area contributed by atoms with Gasteiger partial charge in [-0.1, -0.05) is 63.7 Å². The molecule has 4 rings (SSSR count). The van der Waals surface area contributed by atoms with Gasteiger partial charge in [-0.3, -0.25) is 4.79 Å². The Hall–Kier alpha value is -2.65. The van der Waals surface area contributed by atoms with Crippen LogP contribution >= 0.6 is 23.1 Å². The zero-order valence-electron chi connectivity index (χ0n) is 21.8. The Labute approximate surface area is 221 Å². The molecule has 36 heavy (non-hydrogen) atoms. The number of aromatic nitrogens is 3. The average Bonchev–Trinajstić information content (AvgIpc) is 3.36. The monoisotopic (exact) mass is 526 g/mol. The fraction of sp³-hybridized carbons (Fsp3) is 0.481. The Morgan fingerprint density at radius 3 is 2.61 bits per heavy atom. The summed E-state index contributed by atoms with van der Waals surface area (Å²) < 4.78 is 7.21. The lowest BCUT2D eigenvalue weighted by Crippen LogP contribution is -2.18. The quantitative estimate of drug-likeness (QED) is 0.306. The van der Waals surface area contributed by atoms with Gasteiger partial charge in [-0.15, -0.1) is 21.5 Å². The fourth-order valence-corrected chi connectivity index (χ4v) is 6.49. The summed E-state index contributed by atoms with van der Waals surface area (Å²) in [6, 6.07) is 8.35. The van der Waals surface area contributed by atoms with Gasteiger partial charge in [0.15, 0.2) is 11.0 Å². The first-order valence-corrected chi connectivity index (χ1v) is 14.1. The van der Waals surface area contributed by atoms with Crippen LogP contribution in [0.15, 0.2) is 29.4 Å². The zero-order valence-corrected chi connectivity index (χ0v) is 23.4. The Morgan fingerprint density at radius 1 is 1.22 bits per heavy atom. The predicted octanol–water partition coefficient (Wildman–Crippen LogP) is 5.87. The van der Waals surface area contributed by atoms with E-state index in [9.17, 15) is 9.59 Å². The minimum Gasteiger partial charge on any atom is -0.462 e. The normalized spacial score (nSPS) is 15.4. The molecule has 0 fully saturated rings. The van der Waals surface area contributed by atoms with Crippen LogP contribution < -0.4 is 5.32 Å². The van der Waals surface area contributed by atoms with Gasteiger partial charge in [0.05, 0.1) is 17.9 Å². The van der Waals surface area contributed by atoms with E-state index in [1.807, 2.05) is 11.6 Å². The average molecular weight is 527 g/mol. The van der Waals surface area contributed by atoms with Gasteiger partial charge >= 0.3 is 5.97 Å². The van der Waals surface area contributed by atoms with E-state index in [1.54, 1.807) is 6.92 Å². The van der Waals surface area contributed by atoms with Crippen LogP contribution in [0.5, 0.6) is 0 Å². The molecule has 1 amide bonds. The Balaban J connectivity index is 1.45. The van der Waals surface area contributed by atoms with Gasteiger partial charge in [0.2, 0.25) is 5.91 Å². The number of carbonyl (C=O) groups is 2. The van der Waals surface area contributed by atoms with E-state index in [2.05, 4.69) is 67.5 Å². The van der Waals surface area contributed by atoms with Crippen molar-refractivity contribution in [3.05, 3.63) is 45.8 Å². The first-order valence-electron chi connectivity index (χ1n) is 12.3. The second kappa shape index (κ2) is 10.8. The second-order valence-electron chi connectivity index (χ2n) is 10.3. The highest BCUT2D eigenvalue weighted by atomic mass is 32.2. The maximum atomic E-state index is 12.9. The smallest absolute Gasteiger partial charge is 0.341 e. The van der Waals surface area contributed by atoms with E-state index >= 15 is 0 Å². The van der Waals surface area contributed by atoms with Gasteiger partial charge in [0.1, 0.15) is 5.00 Å². The maximum Gasteiger partial charge on any atom is 0.341 e. The van der Waals surface area contributed by atoms with Crippen LogP contribution in [0, 0.1) is 5.92 Å². The Kier molecular flexibility index (Phi) is 7.90. The predicted molar refractivity (Wildman–Crippen MR) is 146 cm³/mol. The summed E-state index contributed by atoms with van der Waals surface area (Å²) in [4.78, 5) is 26.8. The first kappa shape index (κ1) is 26.4. The van der Waals surface area contributed by atoms with Crippen molar-refractivity contribution in [2.75, 3.05) is 17.7 Å². The summed E-state index contributed by atoms with van der Waals surface area (Å²) >= 11 is 2.82. The fourth-order valence-electron chi connectivity index (χ4n) is 4.36. The number of anilines is 1. The number of nitrogens with one attached hydrogen (secondary N) is 1. The van der Waals surface area contributed by atoms with Crippen molar-refractivity contribution in [3.63, 3.8) is 0 Å². The van der Waals surface area contributed by atoms with E-state index in [4.69, 9.17) is 4.74 Å². The van der Waals surface area contributed by atoms with Gasteiger partial charge < -0.3 is 14.6 Å². The van der Waals surface area contributed by atoms with Crippen molar-refractivity contribution in [2.24, 2.45) is 13.0 Å². The van der Waals surface area contributed by atoms with E-state index < -0.39 is 0 Å². The van der Waals surface area contributed by atoms with Crippen LogP contribution in [0.2, 0.25) is 0 Å². The first-order chi connectivity index (χ1) is 17.1. The van der Waals surface area contributed by atoms with Crippen molar-refractivity contribution in [2.45, 2.75) is 64.5 Å². The number of amides is 1. The van der Waals surface area contributed by atoms with Gasteiger partial charge in [-0.25, -0.2) is 4.79 Å². The summed E-state index contributed by atoms with van der Waals surface area (Å²) in [6.07, 6.45) is 2.80. The lowest BCUT2D eigenvalue weighted by molar-refractivity contribution is -0.113. The number of hydrogen-bond donors (Lipinski definition) is 1. The molecular weight excluding hydrogens is 492 g/mol. The third kappa shape index (κ3) is 5.67. The van der Waals surface area contributed by atoms with E-state index in [0.717, 1.165) is 36.2 Å². The summed E-state index contributed by atoms with van der Waals surface area (Å²) in [5.74, 6) is 0.943. The van der Waals surface area contributed by atoms with Crippen molar-refractivity contribution < 1.29 is 14.3 Å². The highest BCUT2D eigenvalue weighted by Crippen LogP contribution is 2.40. The lowest BCUT2D eigenvalue weighted by Gasteiger charge is -2.19. The van der Waals surface area contributed by atoms with Gasteiger partial charge in [0, 0.05) is 17.5 Å². The molecule has 1 atom stereocenters. The van der Waals surface area contributed by atoms with Gasteiger partial charge in [-0.05, 0) is 48.6 Å². The number of ether oxygens (including phenoxy) is 1. The molecule has 0 spiro atoms. The number of fused-ring (bicyclic) bond motifs is 1. The van der Waals surface area contributed by atoms with Crippen LogP contribution in [0.3, 0.4) is 0 Å². The van der Waals surface area contributed by atoms with Crippen LogP contribution in [0.1, 0.15) is 67.4 Å². The van der Waals surface area contributed by atoms with Gasteiger partial charge in [-0.2, -0.15) is 0 Å². The molecule has 9 heteroatoms.